The third-order valence-electron chi connectivity index (χ3n) is 2.78. The summed E-state index contributed by atoms with van der Waals surface area (Å²) < 4.78 is 5.19. The fourth-order valence-electron chi connectivity index (χ4n) is 1.78. The summed E-state index contributed by atoms with van der Waals surface area (Å²) in [6, 6.07) is 4.94. The Morgan fingerprint density at radius 3 is 2.56 bits per heavy atom. The first kappa shape index (κ1) is 13.9. The van der Waals surface area contributed by atoms with Gasteiger partial charge in [0.05, 0.1) is 13.2 Å². The second-order valence-corrected chi connectivity index (χ2v) is 5.25. The van der Waals surface area contributed by atoms with E-state index in [0.29, 0.717) is 41.9 Å². The summed E-state index contributed by atoms with van der Waals surface area (Å²) in [4.78, 5) is 13.9. The Balaban J connectivity index is 2.14. The van der Waals surface area contributed by atoms with Gasteiger partial charge in [-0.2, -0.15) is 0 Å². The summed E-state index contributed by atoms with van der Waals surface area (Å²) >= 11 is 18.0. The molecular weight excluding hydrogens is 296 g/mol. The molecule has 1 heterocycles. The van der Waals surface area contributed by atoms with E-state index in [1.807, 2.05) is 0 Å². The minimum Gasteiger partial charge on any atom is -0.378 e. The van der Waals surface area contributed by atoms with Gasteiger partial charge in [0.2, 0.25) is 5.91 Å². The van der Waals surface area contributed by atoms with Crippen LogP contribution in [-0.4, -0.2) is 37.1 Å². The lowest BCUT2D eigenvalue weighted by atomic mass is 10.1. The molecule has 6 heteroatoms. The number of nitrogens with zero attached hydrogens (tertiary/aromatic N) is 1. The number of alkyl halides is 1. The minimum absolute atomic E-state index is 0.149. The molecule has 1 saturated heterocycles. The maximum atomic E-state index is 12.2. The van der Waals surface area contributed by atoms with E-state index in [1.165, 1.54) is 0 Å². The number of morpholine rings is 1. The molecule has 0 aromatic heterocycles. The zero-order valence-corrected chi connectivity index (χ0v) is 11.8. The average molecular weight is 309 g/mol. The molecule has 0 N–H and O–H groups in total. The zero-order chi connectivity index (χ0) is 13.1. The fourth-order valence-corrected chi connectivity index (χ4v) is 2.69. The standard InChI is InChI=1S/C12H12Cl3NO2/c13-8-1-2-9(10(14)7-8)11(15)12(17)16-3-5-18-6-4-16/h1-2,7,11H,3-6H2. The van der Waals surface area contributed by atoms with Gasteiger partial charge in [0.15, 0.2) is 0 Å². The first-order valence-electron chi connectivity index (χ1n) is 5.55. The van der Waals surface area contributed by atoms with Gasteiger partial charge in [0, 0.05) is 23.1 Å². The van der Waals surface area contributed by atoms with Crippen molar-refractivity contribution in [3.63, 3.8) is 0 Å². The number of benzene rings is 1. The molecular formula is C12H12Cl3NO2. The van der Waals surface area contributed by atoms with E-state index in [2.05, 4.69) is 0 Å². The molecule has 98 valence electrons. The van der Waals surface area contributed by atoms with Crippen molar-refractivity contribution in [1.82, 2.24) is 4.90 Å². The third kappa shape index (κ3) is 3.09. The summed E-state index contributed by atoms with van der Waals surface area (Å²) in [5.41, 5.74) is 0.583. The number of carbonyl (C=O) groups is 1. The van der Waals surface area contributed by atoms with E-state index in [4.69, 9.17) is 39.5 Å². The molecule has 1 fully saturated rings. The molecule has 1 atom stereocenters. The predicted octanol–water partition coefficient (Wildman–Crippen LogP) is 3.13. The Kier molecular flexibility index (Phi) is 4.73. The fraction of sp³-hybridized carbons (Fsp3) is 0.417. The summed E-state index contributed by atoms with van der Waals surface area (Å²) in [7, 11) is 0. The van der Waals surface area contributed by atoms with Crippen molar-refractivity contribution in [3.8, 4) is 0 Å². The molecule has 1 aromatic rings. The summed E-state index contributed by atoms with van der Waals surface area (Å²) in [5.74, 6) is -0.149. The lowest BCUT2D eigenvalue weighted by molar-refractivity contribution is -0.134. The van der Waals surface area contributed by atoms with E-state index in [9.17, 15) is 4.79 Å². The topological polar surface area (TPSA) is 29.5 Å². The Hall–Kier alpha value is -0.480. The number of hydrogen-bond acceptors (Lipinski definition) is 2. The highest BCUT2D eigenvalue weighted by atomic mass is 35.5. The van der Waals surface area contributed by atoms with Crippen LogP contribution >= 0.6 is 34.8 Å². The molecule has 0 saturated carbocycles. The van der Waals surface area contributed by atoms with Gasteiger partial charge in [-0.25, -0.2) is 0 Å². The highest BCUT2D eigenvalue weighted by molar-refractivity contribution is 6.37. The van der Waals surface area contributed by atoms with Crippen molar-refractivity contribution >= 4 is 40.7 Å². The summed E-state index contributed by atoms with van der Waals surface area (Å²) in [6.07, 6.45) is 0. The van der Waals surface area contributed by atoms with Crippen LogP contribution in [-0.2, 0) is 9.53 Å². The highest BCUT2D eigenvalue weighted by Crippen LogP contribution is 2.31. The van der Waals surface area contributed by atoms with Crippen molar-refractivity contribution in [2.24, 2.45) is 0 Å². The number of amides is 1. The largest absolute Gasteiger partial charge is 0.378 e. The van der Waals surface area contributed by atoms with Crippen molar-refractivity contribution < 1.29 is 9.53 Å². The SMILES string of the molecule is O=C(C(Cl)c1ccc(Cl)cc1Cl)N1CCOCC1. The van der Waals surface area contributed by atoms with E-state index in [0.717, 1.165) is 0 Å². The smallest absolute Gasteiger partial charge is 0.245 e. The number of rotatable bonds is 2. The normalized spacial score (nSPS) is 17.6. The van der Waals surface area contributed by atoms with Crippen LogP contribution in [0, 0.1) is 0 Å². The van der Waals surface area contributed by atoms with Crippen LogP contribution in [0.5, 0.6) is 0 Å². The molecule has 0 aliphatic carbocycles. The molecule has 1 amide bonds. The van der Waals surface area contributed by atoms with E-state index < -0.39 is 5.38 Å². The van der Waals surface area contributed by atoms with Gasteiger partial charge in [0.25, 0.3) is 0 Å². The van der Waals surface area contributed by atoms with Crippen molar-refractivity contribution in [1.29, 1.82) is 0 Å². The Bertz CT molecular complexity index is 447. The lowest BCUT2D eigenvalue weighted by Gasteiger charge is -2.28. The highest BCUT2D eigenvalue weighted by Gasteiger charge is 2.26. The molecule has 1 aliphatic heterocycles. The van der Waals surface area contributed by atoms with Gasteiger partial charge in [-0.15, -0.1) is 11.6 Å². The number of halogens is 3. The van der Waals surface area contributed by atoms with E-state index in [-0.39, 0.29) is 5.91 Å². The van der Waals surface area contributed by atoms with Gasteiger partial charge < -0.3 is 9.64 Å². The van der Waals surface area contributed by atoms with Crippen molar-refractivity contribution in [3.05, 3.63) is 33.8 Å². The number of ether oxygens (including phenoxy) is 1. The molecule has 1 unspecified atom stereocenters. The van der Waals surface area contributed by atoms with E-state index >= 15 is 0 Å². The number of hydrogen-bond donors (Lipinski definition) is 0. The lowest BCUT2D eigenvalue weighted by Crippen LogP contribution is -2.42. The zero-order valence-electron chi connectivity index (χ0n) is 9.54. The van der Waals surface area contributed by atoms with Crippen LogP contribution in [0.15, 0.2) is 18.2 Å². The van der Waals surface area contributed by atoms with Crippen LogP contribution in [0.25, 0.3) is 0 Å². The van der Waals surface area contributed by atoms with Crippen molar-refractivity contribution in [2.75, 3.05) is 26.3 Å². The van der Waals surface area contributed by atoms with Crippen LogP contribution in [0.1, 0.15) is 10.9 Å². The number of carbonyl (C=O) groups excluding carboxylic acids is 1. The Morgan fingerprint density at radius 2 is 1.94 bits per heavy atom. The molecule has 1 aliphatic rings. The van der Waals surface area contributed by atoms with Crippen molar-refractivity contribution in [2.45, 2.75) is 5.38 Å². The molecule has 2 rings (SSSR count). The van der Waals surface area contributed by atoms with Gasteiger partial charge in [0.1, 0.15) is 5.38 Å². The maximum Gasteiger partial charge on any atom is 0.245 e. The Morgan fingerprint density at radius 1 is 1.28 bits per heavy atom. The first-order chi connectivity index (χ1) is 8.59. The van der Waals surface area contributed by atoms with Crippen LogP contribution in [0.2, 0.25) is 10.0 Å². The molecule has 0 bridgehead atoms. The van der Waals surface area contributed by atoms with Gasteiger partial charge in [-0.3, -0.25) is 4.79 Å². The van der Waals surface area contributed by atoms with E-state index in [1.54, 1.807) is 23.1 Å². The summed E-state index contributed by atoms with van der Waals surface area (Å²) in [6.45, 7) is 2.22. The summed E-state index contributed by atoms with van der Waals surface area (Å²) in [5, 5.41) is 0.142. The molecule has 0 radical (unpaired) electrons. The second kappa shape index (κ2) is 6.11. The van der Waals surface area contributed by atoms with Gasteiger partial charge >= 0.3 is 0 Å². The quantitative estimate of drug-likeness (QED) is 0.786. The monoisotopic (exact) mass is 307 g/mol. The molecule has 1 aromatic carbocycles. The van der Waals surface area contributed by atoms with Gasteiger partial charge in [-0.1, -0.05) is 29.3 Å². The molecule has 18 heavy (non-hydrogen) atoms. The maximum absolute atomic E-state index is 12.2. The predicted molar refractivity (Wildman–Crippen MR) is 72.5 cm³/mol. The Labute approximate surface area is 121 Å². The molecule has 3 nitrogen and oxygen atoms in total. The first-order valence-corrected chi connectivity index (χ1v) is 6.74. The average Bonchev–Trinajstić information content (AvgIpc) is 2.38. The molecule has 0 spiro atoms. The van der Waals surface area contributed by atoms with Crippen LogP contribution in [0.3, 0.4) is 0 Å². The van der Waals surface area contributed by atoms with Crippen LogP contribution < -0.4 is 0 Å². The second-order valence-electron chi connectivity index (χ2n) is 3.97. The third-order valence-corrected chi connectivity index (χ3v) is 3.76. The minimum atomic E-state index is -0.784. The van der Waals surface area contributed by atoms with Crippen LogP contribution in [0.4, 0.5) is 0 Å². The van der Waals surface area contributed by atoms with Gasteiger partial charge in [-0.05, 0) is 17.7 Å².